The van der Waals surface area contributed by atoms with Gasteiger partial charge in [0.1, 0.15) is 0 Å². The molecule has 2 N–H and O–H groups in total. The van der Waals surface area contributed by atoms with E-state index in [9.17, 15) is 4.79 Å². The van der Waals surface area contributed by atoms with E-state index in [0.717, 1.165) is 12.3 Å². The van der Waals surface area contributed by atoms with Gasteiger partial charge in [-0.2, -0.15) is 0 Å². The van der Waals surface area contributed by atoms with Crippen LogP contribution < -0.4 is 5.73 Å². The molecule has 1 aliphatic carbocycles. The lowest BCUT2D eigenvalue weighted by molar-refractivity contribution is -0.128. The highest BCUT2D eigenvalue weighted by Crippen LogP contribution is 2.45. The van der Waals surface area contributed by atoms with Crippen LogP contribution in [0.2, 0.25) is 0 Å². The van der Waals surface area contributed by atoms with Gasteiger partial charge in [0.2, 0.25) is 0 Å². The maximum Gasteiger partial charge on any atom is 0.154 e. The Morgan fingerprint density at radius 3 is 1.95 bits per heavy atom. The molecule has 1 unspecified atom stereocenters. The van der Waals surface area contributed by atoms with E-state index in [2.05, 4.69) is 20.8 Å². The largest absolute Gasteiger partial charge is 0.321 e. The molecule has 2 heteroatoms. The van der Waals surface area contributed by atoms with Crippen molar-refractivity contribution in [3.63, 3.8) is 0 Å². The molecule has 1 atom stereocenters. The number of hydrogen-bond donors (Lipinski definition) is 1. The first-order valence-electron chi connectivity index (χ1n) is 8.86. The fourth-order valence-corrected chi connectivity index (χ4v) is 3.17. The summed E-state index contributed by atoms with van der Waals surface area (Å²) in [6.07, 6.45) is 5.92. The Labute approximate surface area is 133 Å². The van der Waals surface area contributed by atoms with Crippen molar-refractivity contribution >= 4 is 5.78 Å². The van der Waals surface area contributed by atoms with Gasteiger partial charge in [0.15, 0.2) is 5.78 Å². The van der Waals surface area contributed by atoms with E-state index in [1.54, 1.807) is 0 Å². The minimum Gasteiger partial charge on any atom is -0.321 e. The summed E-state index contributed by atoms with van der Waals surface area (Å²) in [5.41, 5.74) is 6.30. The summed E-state index contributed by atoms with van der Waals surface area (Å²) in [6.45, 7) is 17.0. The molecule has 1 fully saturated rings. The van der Waals surface area contributed by atoms with E-state index in [1.165, 1.54) is 25.7 Å². The van der Waals surface area contributed by atoms with E-state index in [4.69, 9.17) is 5.73 Å². The van der Waals surface area contributed by atoms with Crippen molar-refractivity contribution in [1.82, 2.24) is 0 Å². The van der Waals surface area contributed by atoms with Gasteiger partial charge >= 0.3 is 0 Å². The van der Waals surface area contributed by atoms with Gasteiger partial charge in [-0.05, 0) is 49.4 Å². The van der Waals surface area contributed by atoms with E-state index in [1.807, 2.05) is 34.6 Å². The van der Waals surface area contributed by atoms with Gasteiger partial charge in [-0.1, -0.05) is 55.4 Å². The summed E-state index contributed by atoms with van der Waals surface area (Å²) < 4.78 is 0. The Morgan fingerprint density at radius 2 is 1.62 bits per heavy atom. The van der Waals surface area contributed by atoms with Gasteiger partial charge in [-0.15, -0.1) is 0 Å². The number of Topliss-reactive ketones (excluding diaryl/α,β-unsaturated/α-hetero) is 1. The Morgan fingerprint density at radius 1 is 1.19 bits per heavy atom. The van der Waals surface area contributed by atoms with E-state index in [0.29, 0.717) is 11.3 Å². The first-order valence-corrected chi connectivity index (χ1v) is 8.86. The molecule has 0 aliphatic heterocycles. The molecule has 0 heterocycles. The molecule has 1 saturated carbocycles. The van der Waals surface area contributed by atoms with Crippen LogP contribution in [0.15, 0.2) is 0 Å². The summed E-state index contributed by atoms with van der Waals surface area (Å²) in [7, 11) is 0. The second kappa shape index (κ2) is 8.31. The minimum atomic E-state index is -0.305. The zero-order chi connectivity index (χ0) is 16.8. The lowest BCUT2D eigenvalue weighted by atomic mass is 9.65. The van der Waals surface area contributed by atoms with Crippen molar-refractivity contribution in [2.75, 3.05) is 0 Å². The summed E-state index contributed by atoms with van der Waals surface area (Å²) in [5.74, 6) is 1.61. The first kappa shape index (κ1) is 20.6. The third-order valence-electron chi connectivity index (χ3n) is 5.30. The number of hydrogen-bond acceptors (Lipinski definition) is 2. The van der Waals surface area contributed by atoms with Crippen LogP contribution >= 0.6 is 0 Å². The predicted molar refractivity (Wildman–Crippen MR) is 93.3 cm³/mol. The third-order valence-corrected chi connectivity index (χ3v) is 5.30. The number of rotatable bonds is 4. The van der Waals surface area contributed by atoms with Crippen LogP contribution in [0.5, 0.6) is 0 Å². The number of nitrogens with two attached hydrogens (primary N) is 1. The Balaban J connectivity index is 0.00000191. The lowest BCUT2D eigenvalue weighted by Crippen LogP contribution is -2.41. The van der Waals surface area contributed by atoms with Crippen molar-refractivity contribution < 1.29 is 4.79 Å². The fourth-order valence-electron chi connectivity index (χ4n) is 3.17. The second-order valence-electron chi connectivity index (χ2n) is 8.21. The first-order chi connectivity index (χ1) is 9.56. The standard InChI is InChI=1S/C17H33NO.C2H6/c1-12(2)17(6)9-7-13(8-10-17)11-14(18)15(19)16(3,4)5;1-2/h12-14H,7-11,18H2,1-6H3;1-2H3. The minimum absolute atomic E-state index is 0.213. The van der Waals surface area contributed by atoms with Crippen LogP contribution in [-0.2, 0) is 4.79 Å². The topological polar surface area (TPSA) is 43.1 Å². The Hall–Kier alpha value is -0.370. The predicted octanol–water partition coefficient (Wildman–Crippen LogP) is 5.20. The fraction of sp³-hybridized carbons (Fsp3) is 0.947. The van der Waals surface area contributed by atoms with Crippen LogP contribution in [0.1, 0.15) is 87.5 Å². The van der Waals surface area contributed by atoms with Crippen molar-refractivity contribution in [2.24, 2.45) is 28.4 Å². The Kier molecular flexibility index (Phi) is 8.17. The van der Waals surface area contributed by atoms with E-state index >= 15 is 0 Å². The summed E-state index contributed by atoms with van der Waals surface area (Å²) in [5, 5.41) is 0. The molecule has 0 aromatic rings. The van der Waals surface area contributed by atoms with Gasteiger partial charge in [0, 0.05) is 5.41 Å². The summed E-state index contributed by atoms with van der Waals surface area (Å²) >= 11 is 0. The van der Waals surface area contributed by atoms with Gasteiger partial charge in [0.05, 0.1) is 6.04 Å². The highest BCUT2D eigenvalue weighted by atomic mass is 16.1. The molecule has 0 bridgehead atoms. The van der Waals surface area contributed by atoms with Crippen LogP contribution in [0.25, 0.3) is 0 Å². The molecule has 21 heavy (non-hydrogen) atoms. The SMILES string of the molecule is CC.CC(C)C1(C)CCC(CC(N)C(=O)C(C)(C)C)CC1. The molecule has 0 aromatic heterocycles. The Bertz CT molecular complexity index is 306. The zero-order valence-electron chi connectivity index (χ0n) is 15.8. The highest BCUT2D eigenvalue weighted by molar-refractivity contribution is 5.88. The molecule has 0 spiro atoms. The molecule has 0 aromatic carbocycles. The average Bonchev–Trinajstić information content (AvgIpc) is 2.41. The highest BCUT2D eigenvalue weighted by Gasteiger charge is 2.35. The molecule has 0 radical (unpaired) electrons. The molecule has 126 valence electrons. The van der Waals surface area contributed by atoms with E-state index in [-0.39, 0.29) is 17.2 Å². The quantitative estimate of drug-likeness (QED) is 0.775. The molecular weight excluding hydrogens is 258 g/mol. The maximum absolute atomic E-state index is 12.1. The zero-order valence-corrected chi connectivity index (χ0v) is 15.8. The van der Waals surface area contributed by atoms with E-state index < -0.39 is 0 Å². The molecule has 1 aliphatic rings. The van der Waals surface area contributed by atoms with Crippen LogP contribution in [-0.4, -0.2) is 11.8 Å². The summed E-state index contributed by atoms with van der Waals surface area (Å²) in [4.78, 5) is 12.1. The smallest absolute Gasteiger partial charge is 0.154 e. The third kappa shape index (κ3) is 6.10. The number of carbonyl (C=O) groups excluding carboxylic acids is 1. The van der Waals surface area contributed by atoms with Crippen molar-refractivity contribution in [1.29, 1.82) is 0 Å². The molecular formula is C19H39NO. The second-order valence-corrected chi connectivity index (χ2v) is 8.21. The van der Waals surface area contributed by atoms with Crippen molar-refractivity contribution in [3.8, 4) is 0 Å². The van der Waals surface area contributed by atoms with Crippen LogP contribution in [0.4, 0.5) is 0 Å². The molecule has 1 rings (SSSR count). The van der Waals surface area contributed by atoms with Gasteiger partial charge in [-0.25, -0.2) is 0 Å². The molecule has 0 saturated heterocycles. The monoisotopic (exact) mass is 297 g/mol. The van der Waals surface area contributed by atoms with Crippen molar-refractivity contribution in [3.05, 3.63) is 0 Å². The van der Waals surface area contributed by atoms with Crippen molar-refractivity contribution in [2.45, 2.75) is 93.5 Å². The summed E-state index contributed by atoms with van der Waals surface area (Å²) in [6, 6.07) is -0.270. The average molecular weight is 298 g/mol. The van der Waals surface area contributed by atoms with Crippen LogP contribution in [0.3, 0.4) is 0 Å². The molecule has 0 amide bonds. The number of carbonyl (C=O) groups is 1. The van der Waals surface area contributed by atoms with Gasteiger partial charge in [0.25, 0.3) is 0 Å². The molecule has 2 nitrogen and oxygen atoms in total. The van der Waals surface area contributed by atoms with Crippen LogP contribution in [0, 0.1) is 22.7 Å². The normalized spacial score (nSPS) is 27.8. The number of ketones is 1. The lowest BCUT2D eigenvalue weighted by Gasteiger charge is -2.41. The maximum atomic E-state index is 12.1. The van der Waals surface area contributed by atoms with Gasteiger partial charge in [-0.3, -0.25) is 4.79 Å². The van der Waals surface area contributed by atoms with Gasteiger partial charge < -0.3 is 5.73 Å².